The number of nitrogens with zero attached hydrogens (tertiary/aromatic N) is 2. The molecule has 2 aromatic rings. The molecule has 1 aromatic carbocycles. The van der Waals surface area contributed by atoms with Gasteiger partial charge in [0.1, 0.15) is 0 Å². The molecule has 1 fully saturated rings. The molecule has 0 bridgehead atoms. The molecule has 1 heterocycles. The molecule has 0 atom stereocenters. The Morgan fingerprint density at radius 3 is 2.72 bits per heavy atom. The molecular weight excluding hydrogens is 334 g/mol. The van der Waals surface area contributed by atoms with E-state index in [0.717, 1.165) is 5.56 Å². The van der Waals surface area contributed by atoms with Crippen molar-refractivity contribution in [2.24, 2.45) is 0 Å². The van der Waals surface area contributed by atoms with Crippen molar-refractivity contribution in [3.05, 3.63) is 53.1 Å². The van der Waals surface area contributed by atoms with Gasteiger partial charge in [-0.2, -0.15) is 0 Å². The smallest absolute Gasteiger partial charge is 0.253 e. The number of benzene rings is 1. The molecule has 25 heavy (non-hydrogen) atoms. The van der Waals surface area contributed by atoms with Gasteiger partial charge in [0, 0.05) is 30.0 Å². The molecule has 5 nitrogen and oxygen atoms in total. The van der Waals surface area contributed by atoms with E-state index >= 15 is 0 Å². The Balaban J connectivity index is 1.46. The first-order valence-electron chi connectivity index (χ1n) is 8.72. The molecule has 0 aliphatic heterocycles. The number of rotatable bonds is 7. The van der Waals surface area contributed by atoms with Gasteiger partial charge < -0.3 is 5.32 Å². The van der Waals surface area contributed by atoms with Crippen LogP contribution in [0.15, 0.2) is 47.5 Å². The Bertz CT molecular complexity index is 755. The van der Waals surface area contributed by atoms with Gasteiger partial charge in [-0.1, -0.05) is 43.2 Å². The van der Waals surface area contributed by atoms with Gasteiger partial charge in [0.25, 0.3) is 5.56 Å². The third kappa shape index (κ3) is 5.19. The predicted molar refractivity (Wildman–Crippen MR) is 102 cm³/mol. The van der Waals surface area contributed by atoms with Crippen molar-refractivity contribution in [2.45, 2.75) is 37.5 Å². The SMILES string of the molecule is O=C(CSC1CCCC1)NCCn1cnc(-c2ccccc2)cc1=O. The van der Waals surface area contributed by atoms with Crippen molar-refractivity contribution < 1.29 is 4.79 Å². The van der Waals surface area contributed by atoms with E-state index in [1.807, 2.05) is 30.3 Å². The number of thioether (sulfide) groups is 1. The largest absolute Gasteiger partial charge is 0.354 e. The number of aromatic nitrogens is 2. The standard InChI is InChI=1S/C19H23N3O2S/c23-18(13-25-16-8-4-5-9-16)20-10-11-22-14-21-17(12-19(22)24)15-6-2-1-3-7-15/h1-3,6-7,12,14,16H,4-5,8-11,13H2,(H,20,23). The van der Waals surface area contributed by atoms with Gasteiger partial charge >= 0.3 is 0 Å². The summed E-state index contributed by atoms with van der Waals surface area (Å²) in [7, 11) is 0. The number of hydrogen-bond acceptors (Lipinski definition) is 4. The van der Waals surface area contributed by atoms with Crippen molar-refractivity contribution in [2.75, 3.05) is 12.3 Å². The Hall–Kier alpha value is -2.08. The Labute approximate surface area is 151 Å². The maximum absolute atomic E-state index is 12.2. The first-order chi connectivity index (χ1) is 12.2. The summed E-state index contributed by atoms with van der Waals surface area (Å²) in [6.07, 6.45) is 6.58. The van der Waals surface area contributed by atoms with Crippen LogP contribution in [0.25, 0.3) is 11.3 Å². The van der Waals surface area contributed by atoms with E-state index in [1.54, 1.807) is 18.1 Å². The summed E-state index contributed by atoms with van der Waals surface area (Å²) in [5.74, 6) is 0.545. The lowest BCUT2D eigenvalue weighted by atomic mass is 10.1. The second-order valence-electron chi connectivity index (χ2n) is 6.24. The van der Waals surface area contributed by atoms with E-state index in [9.17, 15) is 9.59 Å². The fourth-order valence-corrected chi connectivity index (χ4v) is 4.13. The van der Waals surface area contributed by atoms with Crippen molar-refractivity contribution in [1.82, 2.24) is 14.9 Å². The van der Waals surface area contributed by atoms with Crippen LogP contribution in [0.5, 0.6) is 0 Å². The van der Waals surface area contributed by atoms with Gasteiger partial charge in [0.05, 0.1) is 17.8 Å². The summed E-state index contributed by atoms with van der Waals surface area (Å²) in [6.45, 7) is 0.872. The Kier molecular flexibility index (Phi) is 6.28. The third-order valence-electron chi connectivity index (χ3n) is 4.38. The summed E-state index contributed by atoms with van der Waals surface area (Å²) >= 11 is 1.75. The highest BCUT2D eigenvalue weighted by molar-refractivity contribution is 8.00. The number of nitrogens with one attached hydrogen (secondary N) is 1. The molecule has 0 unspecified atom stereocenters. The number of carbonyl (C=O) groups is 1. The molecule has 1 N–H and O–H groups in total. The Morgan fingerprint density at radius 1 is 1.24 bits per heavy atom. The normalized spacial score (nSPS) is 14.6. The minimum absolute atomic E-state index is 0.0406. The average Bonchev–Trinajstić information content (AvgIpc) is 3.16. The van der Waals surface area contributed by atoms with Crippen LogP contribution < -0.4 is 10.9 Å². The fourth-order valence-electron chi connectivity index (χ4n) is 2.98. The van der Waals surface area contributed by atoms with Crippen LogP contribution in [0.2, 0.25) is 0 Å². The second kappa shape index (κ2) is 8.85. The lowest BCUT2D eigenvalue weighted by Crippen LogP contribution is -2.32. The number of carbonyl (C=O) groups excluding carboxylic acids is 1. The van der Waals surface area contributed by atoms with Gasteiger partial charge in [0.15, 0.2) is 0 Å². The molecule has 6 heteroatoms. The van der Waals surface area contributed by atoms with Crippen LogP contribution in [-0.2, 0) is 11.3 Å². The van der Waals surface area contributed by atoms with E-state index in [-0.39, 0.29) is 11.5 Å². The molecule has 1 amide bonds. The summed E-state index contributed by atoms with van der Waals surface area (Å²) < 4.78 is 1.52. The Morgan fingerprint density at radius 2 is 2.00 bits per heavy atom. The van der Waals surface area contributed by atoms with E-state index < -0.39 is 0 Å². The zero-order valence-corrected chi connectivity index (χ0v) is 15.0. The topological polar surface area (TPSA) is 64.0 Å². The molecule has 1 aromatic heterocycles. The monoisotopic (exact) mass is 357 g/mol. The second-order valence-corrected chi connectivity index (χ2v) is 7.53. The minimum Gasteiger partial charge on any atom is -0.354 e. The van der Waals surface area contributed by atoms with Crippen molar-refractivity contribution in [1.29, 1.82) is 0 Å². The minimum atomic E-state index is -0.108. The zero-order chi connectivity index (χ0) is 17.5. The van der Waals surface area contributed by atoms with Gasteiger partial charge in [-0.05, 0) is 12.8 Å². The first-order valence-corrected chi connectivity index (χ1v) is 9.77. The van der Waals surface area contributed by atoms with Crippen LogP contribution in [0.1, 0.15) is 25.7 Å². The number of hydrogen-bond donors (Lipinski definition) is 1. The van der Waals surface area contributed by atoms with Crippen molar-refractivity contribution in [3.63, 3.8) is 0 Å². The van der Waals surface area contributed by atoms with Crippen molar-refractivity contribution in [3.8, 4) is 11.3 Å². The van der Waals surface area contributed by atoms with Gasteiger partial charge in [0.2, 0.25) is 5.91 Å². The molecule has 0 radical (unpaired) electrons. The maximum Gasteiger partial charge on any atom is 0.253 e. The lowest BCUT2D eigenvalue weighted by Gasteiger charge is -2.10. The summed E-state index contributed by atoms with van der Waals surface area (Å²) in [4.78, 5) is 28.4. The molecule has 3 rings (SSSR count). The molecular formula is C19H23N3O2S. The maximum atomic E-state index is 12.2. The van der Waals surface area contributed by atoms with Crippen LogP contribution in [0, 0.1) is 0 Å². The molecule has 1 aliphatic carbocycles. The van der Waals surface area contributed by atoms with E-state index in [0.29, 0.717) is 29.8 Å². The molecule has 1 aliphatic rings. The van der Waals surface area contributed by atoms with Crippen LogP contribution in [0.3, 0.4) is 0 Å². The van der Waals surface area contributed by atoms with E-state index in [2.05, 4.69) is 10.3 Å². The first kappa shape index (κ1) is 17.7. The van der Waals surface area contributed by atoms with Crippen LogP contribution in [0.4, 0.5) is 0 Å². The molecule has 0 saturated heterocycles. The van der Waals surface area contributed by atoms with E-state index in [4.69, 9.17) is 0 Å². The van der Waals surface area contributed by atoms with Gasteiger partial charge in [-0.25, -0.2) is 4.98 Å². The summed E-state index contributed by atoms with van der Waals surface area (Å²) in [6, 6.07) is 11.2. The number of amides is 1. The average molecular weight is 357 g/mol. The molecule has 132 valence electrons. The van der Waals surface area contributed by atoms with Crippen molar-refractivity contribution >= 4 is 17.7 Å². The van der Waals surface area contributed by atoms with Gasteiger partial charge in [-0.3, -0.25) is 14.2 Å². The highest BCUT2D eigenvalue weighted by Gasteiger charge is 2.16. The van der Waals surface area contributed by atoms with Gasteiger partial charge in [-0.15, -0.1) is 11.8 Å². The molecule has 0 spiro atoms. The highest BCUT2D eigenvalue weighted by Crippen LogP contribution is 2.28. The van der Waals surface area contributed by atoms with Crippen LogP contribution >= 0.6 is 11.8 Å². The highest BCUT2D eigenvalue weighted by atomic mass is 32.2. The third-order valence-corrected chi connectivity index (χ3v) is 5.75. The zero-order valence-electron chi connectivity index (χ0n) is 14.2. The fraction of sp³-hybridized carbons (Fsp3) is 0.421. The summed E-state index contributed by atoms with van der Waals surface area (Å²) in [5, 5.41) is 3.52. The molecule has 1 saturated carbocycles. The predicted octanol–water partition coefficient (Wildman–Crippen LogP) is 2.70. The van der Waals surface area contributed by atoms with E-state index in [1.165, 1.54) is 36.3 Å². The van der Waals surface area contributed by atoms with Crippen LogP contribution in [-0.4, -0.2) is 33.0 Å². The summed E-state index contributed by atoms with van der Waals surface area (Å²) in [5.41, 5.74) is 1.48. The quantitative estimate of drug-likeness (QED) is 0.827. The lowest BCUT2D eigenvalue weighted by molar-refractivity contribution is -0.118.